The van der Waals surface area contributed by atoms with Gasteiger partial charge in [-0.05, 0) is 35.4 Å². The second kappa shape index (κ2) is 7.04. The molecule has 0 aliphatic carbocycles. The maximum Gasteiger partial charge on any atom is 0.231 e. The Morgan fingerprint density at radius 1 is 0.920 bits per heavy atom. The summed E-state index contributed by atoms with van der Waals surface area (Å²) in [5.74, 6) is 2.87. The minimum absolute atomic E-state index is 0.278. The molecule has 3 aromatic rings. The number of aromatic nitrogens is 3. The van der Waals surface area contributed by atoms with Crippen molar-refractivity contribution in [3.05, 3.63) is 66.1 Å². The summed E-state index contributed by atoms with van der Waals surface area (Å²) in [6.07, 6.45) is 5.31. The predicted molar refractivity (Wildman–Crippen MR) is 93.5 cm³/mol. The molecule has 0 amide bonds. The molecule has 1 aromatic carbocycles. The van der Waals surface area contributed by atoms with Crippen molar-refractivity contribution in [1.29, 1.82) is 0 Å². The smallest absolute Gasteiger partial charge is 0.231 e. The molecule has 0 saturated heterocycles. The molecule has 0 spiro atoms. The summed E-state index contributed by atoms with van der Waals surface area (Å²) in [5, 5.41) is 6.49. The maximum atomic E-state index is 5.39. The van der Waals surface area contributed by atoms with Gasteiger partial charge in [-0.3, -0.25) is 4.98 Å². The van der Waals surface area contributed by atoms with Crippen LogP contribution in [0.3, 0.4) is 0 Å². The molecule has 4 rings (SSSR count). The Kier molecular flexibility index (Phi) is 4.28. The van der Waals surface area contributed by atoms with E-state index in [0.29, 0.717) is 19.0 Å². The van der Waals surface area contributed by atoms with Gasteiger partial charge in [-0.25, -0.2) is 4.98 Å². The minimum atomic E-state index is 0.278. The molecule has 1 aliphatic heterocycles. The van der Waals surface area contributed by atoms with E-state index >= 15 is 0 Å². The topological polar surface area (TPSA) is 81.2 Å². The number of fused-ring (bicyclic) bond motifs is 1. The fraction of sp³-hybridized carbons (Fsp3) is 0.167. The van der Waals surface area contributed by atoms with Crippen LogP contribution in [0.25, 0.3) is 0 Å². The number of ether oxygens (including phenoxy) is 2. The molecule has 0 unspecified atom stereocenters. The van der Waals surface area contributed by atoms with Crippen LogP contribution in [0.2, 0.25) is 0 Å². The second-order valence-corrected chi connectivity index (χ2v) is 5.52. The lowest BCUT2D eigenvalue weighted by Gasteiger charge is -2.09. The van der Waals surface area contributed by atoms with E-state index in [-0.39, 0.29) is 6.79 Å². The van der Waals surface area contributed by atoms with E-state index < -0.39 is 0 Å². The zero-order valence-electron chi connectivity index (χ0n) is 13.5. The maximum absolute atomic E-state index is 5.39. The van der Waals surface area contributed by atoms with Crippen LogP contribution in [0.5, 0.6) is 11.5 Å². The van der Waals surface area contributed by atoms with E-state index in [1.807, 2.05) is 42.6 Å². The van der Waals surface area contributed by atoms with Crippen LogP contribution in [0, 0.1) is 0 Å². The molecule has 3 heterocycles. The van der Waals surface area contributed by atoms with E-state index in [0.717, 1.165) is 28.4 Å². The van der Waals surface area contributed by atoms with E-state index in [4.69, 9.17) is 9.47 Å². The number of nitrogens with zero attached hydrogens (tertiary/aromatic N) is 3. The molecule has 1 aliphatic rings. The van der Waals surface area contributed by atoms with Crippen molar-refractivity contribution in [2.75, 3.05) is 17.4 Å². The zero-order chi connectivity index (χ0) is 16.9. The van der Waals surface area contributed by atoms with Crippen LogP contribution < -0.4 is 20.1 Å². The molecule has 0 radical (unpaired) electrons. The normalized spacial score (nSPS) is 12.0. The summed E-state index contributed by atoms with van der Waals surface area (Å²) in [4.78, 5) is 12.8. The molecule has 25 heavy (non-hydrogen) atoms. The molecule has 0 atom stereocenters. The molecule has 7 nitrogen and oxygen atoms in total. The van der Waals surface area contributed by atoms with Gasteiger partial charge in [0.25, 0.3) is 0 Å². The summed E-state index contributed by atoms with van der Waals surface area (Å²) in [6.45, 7) is 1.54. The summed E-state index contributed by atoms with van der Waals surface area (Å²) in [5.41, 5.74) is 2.16. The van der Waals surface area contributed by atoms with E-state index in [1.165, 1.54) is 0 Å². The third kappa shape index (κ3) is 3.77. The van der Waals surface area contributed by atoms with Crippen LogP contribution in [0.4, 0.5) is 11.8 Å². The SMILES string of the molecule is c1cncc(CNc2ccnc(NCc3ccc4c(c3)OCO4)n2)c1. The molecule has 7 heteroatoms. The average Bonchev–Trinajstić information content (AvgIpc) is 3.14. The Morgan fingerprint density at radius 2 is 1.84 bits per heavy atom. The summed E-state index contributed by atoms with van der Waals surface area (Å²) >= 11 is 0. The van der Waals surface area contributed by atoms with Crippen molar-refractivity contribution in [2.45, 2.75) is 13.1 Å². The van der Waals surface area contributed by atoms with Gasteiger partial charge in [0.1, 0.15) is 5.82 Å². The first-order valence-corrected chi connectivity index (χ1v) is 7.95. The number of pyridine rings is 1. The van der Waals surface area contributed by atoms with Crippen LogP contribution >= 0.6 is 0 Å². The van der Waals surface area contributed by atoms with Crippen molar-refractivity contribution in [3.63, 3.8) is 0 Å². The molecular formula is C18H17N5O2. The number of nitrogens with one attached hydrogen (secondary N) is 2. The largest absolute Gasteiger partial charge is 0.454 e. The van der Waals surface area contributed by atoms with Gasteiger partial charge >= 0.3 is 0 Å². The first-order valence-electron chi connectivity index (χ1n) is 7.95. The third-order valence-corrected chi connectivity index (χ3v) is 3.74. The number of rotatable bonds is 6. The fourth-order valence-electron chi connectivity index (χ4n) is 2.47. The highest BCUT2D eigenvalue weighted by Crippen LogP contribution is 2.32. The van der Waals surface area contributed by atoms with Crippen molar-refractivity contribution < 1.29 is 9.47 Å². The Hall–Kier alpha value is -3.35. The van der Waals surface area contributed by atoms with Crippen molar-refractivity contribution >= 4 is 11.8 Å². The number of hydrogen-bond acceptors (Lipinski definition) is 7. The fourth-order valence-corrected chi connectivity index (χ4v) is 2.47. The van der Waals surface area contributed by atoms with E-state index in [9.17, 15) is 0 Å². The molecule has 126 valence electrons. The first kappa shape index (κ1) is 15.2. The highest BCUT2D eigenvalue weighted by molar-refractivity contribution is 5.46. The third-order valence-electron chi connectivity index (χ3n) is 3.74. The Morgan fingerprint density at radius 3 is 2.76 bits per heavy atom. The summed E-state index contributed by atoms with van der Waals surface area (Å²) < 4.78 is 10.7. The quantitative estimate of drug-likeness (QED) is 0.717. The van der Waals surface area contributed by atoms with Gasteiger partial charge in [-0.1, -0.05) is 12.1 Å². The van der Waals surface area contributed by atoms with Gasteiger partial charge < -0.3 is 20.1 Å². The summed E-state index contributed by atoms with van der Waals surface area (Å²) in [6, 6.07) is 11.6. The van der Waals surface area contributed by atoms with E-state index in [1.54, 1.807) is 12.4 Å². The number of anilines is 2. The van der Waals surface area contributed by atoms with Gasteiger partial charge in [-0.2, -0.15) is 4.98 Å². The molecule has 0 saturated carbocycles. The average molecular weight is 335 g/mol. The van der Waals surface area contributed by atoms with Gasteiger partial charge in [0.15, 0.2) is 11.5 Å². The molecule has 0 fully saturated rings. The van der Waals surface area contributed by atoms with E-state index in [2.05, 4.69) is 25.6 Å². The van der Waals surface area contributed by atoms with Crippen molar-refractivity contribution in [1.82, 2.24) is 15.0 Å². The van der Waals surface area contributed by atoms with Gasteiger partial charge in [0.05, 0.1) is 0 Å². The first-order chi connectivity index (χ1) is 12.4. The second-order valence-electron chi connectivity index (χ2n) is 5.52. The zero-order valence-corrected chi connectivity index (χ0v) is 13.5. The monoisotopic (exact) mass is 335 g/mol. The molecular weight excluding hydrogens is 318 g/mol. The minimum Gasteiger partial charge on any atom is -0.454 e. The van der Waals surface area contributed by atoms with Gasteiger partial charge in [0.2, 0.25) is 12.7 Å². The lowest BCUT2D eigenvalue weighted by Crippen LogP contribution is -2.07. The van der Waals surface area contributed by atoms with Crippen LogP contribution in [-0.2, 0) is 13.1 Å². The van der Waals surface area contributed by atoms with Crippen LogP contribution in [0.1, 0.15) is 11.1 Å². The highest BCUT2D eigenvalue weighted by Gasteiger charge is 2.13. The molecule has 2 aromatic heterocycles. The van der Waals surface area contributed by atoms with Crippen LogP contribution in [0.15, 0.2) is 55.0 Å². The predicted octanol–water partition coefficient (Wildman–Crippen LogP) is 2.82. The lowest BCUT2D eigenvalue weighted by molar-refractivity contribution is 0.174. The van der Waals surface area contributed by atoms with Crippen LogP contribution in [-0.4, -0.2) is 21.7 Å². The Balaban J connectivity index is 1.36. The van der Waals surface area contributed by atoms with Gasteiger partial charge in [-0.15, -0.1) is 0 Å². The highest BCUT2D eigenvalue weighted by atomic mass is 16.7. The van der Waals surface area contributed by atoms with Crippen molar-refractivity contribution in [3.8, 4) is 11.5 Å². The Labute approximate surface area is 145 Å². The molecule has 2 N–H and O–H groups in total. The Bertz CT molecular complexity index is 857. The standard InChI is InChI=1S/C18H17N5O2/c1-2-14(9-19-6-1)11-21-17-5-7-20-18(23-17)22-10-13-3-4-15-16(8-13)25-12-24-15/h1-9H,10-12H2,(H2,20,21,22,23). The van der Waals surface area contributed by atoms with Crippen molar-refractivity contribution in [2.24, 2.45) is 0 Å². The summed E-state index contributed by atoms with van der Waals surface area (Å²) in [7, 11) is 0. The van der Waals surface area contributed by atoms with Gasteiger partial charge in [0, 0.05) is 31.7 Å². The lowest BCUT2D eigenvalue weighted by atomic mass is 10.2. The molecule has 0 bridgehead atoms. The number of hydrogen-bond donors (Lipinski definition) is 2. The number of benzene rings is 1.